The molecular weight excluding hydrogens is 369 g/mol. The lowest BCUT2D eigenvalue weighted by atomic mass is 10.2. The van der Waals surface area contributed by atoms with Crippen LogP contribution >= 0.6 is 0 Å². The molecule has 3 heterocycles. The maximum atomic E-state index is 13.4. The van der Waals surface area contributed by atoms with E-state index in [9.17, 15) is 9.18 Å². The molecule has 1 fully saturated rings. The van der Waals surface area contributed by atoms with E-state index in [1.165, 1.54) is 18.6 Å². The lowest BCUT2D eigenvalue weighted by Gasteiger charge is -2.22. The number of halogens is 1. The van der Waals surface area contributed by atoms with Crippen LogP contribution < -0.4 is 5.32 Å². The summed E-state index contributed by atoms with van der Waals surface area (Å²) in [6.45, 7) is 4.83. The molecule has 1 atom stereocenters. The van der Waals surface area contributed by atoms with Gasteiger partial charge in [0.05, 0.1) is 11.4 Å². The van der Waals surface area contributed by atoms with Crippen LogP contribution in [0.25, 0.3) is 16.9 Å². The lowest BCUT2D eigenvalue weighted by molar-refractivity contribution is 0.0936. The maximum Gasteiger partial charge on any atom is 0.271 e. The fourth-order valence-corrected chi connectivity index (χ4v) is 3.83. The number of aromatic nitrogens is 3. The van der Waals surface area contributed by atoms with E-state index in [0.717, 1.165) is 30.8 Å². The highest BCUT2D eigenvalue weighted by Crippen LogP contribution is 2.24. The van der Waals surface area contributed by atoms with E-state index in [4.69, 9.17) is 0 Å². The van der Waals surface area contributed by atoms with Crippen LogP contribution in [0.3, 0.4) is 0 Å². The highest BCUT2D eigenvalue weighted by Gasteiger charge is 2.24. The molecular formula is C22H24FN5O. The zero-order valence-corrected chi connectivity index (χ0v) is 16.4. The first-order valence-electron chi connectivity index (χ1n) is 9.94. The van der Waals surface area contributed by atoms with Crippen LogP contribution in [0.5, 0.6) is 0 Å². The van der Waals surface area contributed by atoms with E-state index in [0.29, 0.717) is 24.0 Å². The molecule has 0 aliphatic carbocycles. The van der Waals surface area contributed by atoms with Crippen molar-refractivity contribution in [1.82, 2.24) is 25.0 Å². The number of pyridine rings is 1. The second-order valence-corrected chi connectivity index (χ2v) is 7.18. The summed E-state index contributed by atoms with van der Waals surface area (Å²) in [6.07, 6.45) is 5.67. The summed E-state index contributed by atoms with van der Waals surface area (Å²) >= 11 is 0. The van der Waals surface area contributed by atoms with Crippen molar-refractivity contribution in [3.8, 4) is 16.9 Å². The highest BCUT2D eigenvalue weighted by atomic mass is 19.1. The summed E-state index contributed by atoms with van der Waals surface area (Å²) in [7, 11) is 0. The fourth-order valence-electron chi connectivity index (χ4n) is 3.83. The molecule has 1 saturated heterocycles. The predicted octanol–water partition coefficient (Wildman–Crippen LogP) is 3.29. The van der Waals surface area contributed by atoms with Crippen molar-refractivity contribution in [2.45, 2.75) is 25.8 Å². The number of hydrogen-bond acceptors (Lipinski definition) is 4. The van der Waals surface area contributed by atoms with Crippen molar-refractivity contribution >= 4 is 5.91 Å². The van der Waals surface area contributed by atoms with Crippen LogP contribution in [0.2, 0.25) is 0 Å². The second kappa shape index (κ2) is 8.53. The molecule has 150 valence electrons. The topological polar surface area (TPSA) is 63.1 Å². The second-order valence-electron chi connectivity index (χ2n) is 7.18. The van der Waals surface area contributed by atoms with E-state index in [-0.39, 0.29) is 11.7 Å². The Labute approximate surface area is 169 Å². The number of nitrogens with one attached hydrogen (secondary N) is 1. The molecule has 1 aliphatic heterocycles. The van der Waals surface area contributed by atoms with Gasteiger partial charge in [-0.25, -0.2) is 9.07 Å². The van der Waals surface area contributed by atoms with Crippen molar-refractivity contribution < 1.29 is 9.18 Å². The minimum absolute atomic E-state index is 0.209. The van der Waals surface area contributed by atoms with E-state index < -0.39 is 0 Å². The Morgan fingerprint density at radius 1 is 1.28 bits per heavy atom. The number of benzene rings is 1. The Morgan fingerprint density at radius 3 is 2.83 bits per heavy atom. The Hall–Kier alpha value is -3.06. The van der Waals surface area contributed by atoms with Gasteiger partial charge in [0.1, 0.15) is 5.82 Å². The molecule has 1 N–H and O–H groups in total. The molecule has 6 nitrogen and oxygen atoms in total. The summed E-state index contributed by atoms with van der Waals surface area (Å²) in [5, 5.41) is 7.54. The third-order valence-electron chi connectivity index (χ3n) is 5.37. The summed E-state index contributed by atoms with van der Waals surface area (Å²) in [5.74, 6) is -0.530. The third-order valence-corrected chi connectivity index (χ3v) is 5.37. The van der Waals surface area contributed by atoms with Gasteiger partial charge in [-0.1, -0.05) is 6.92 Å². The lowest BCUT2D eigenvalue weighted by Crippen LogP contribution is -2.40. The molecule has 0 bridgehead atoms. The zero-order chi connectivity index (χ0) is 20.2. The molecule has 1 aromatic carbocycles. The number of rotatable bonds is 6. The number of likely N-dealkylation sites (tertiary alicyclic amines) is 1. The van der Waals surface area contributed by atoms with Crippen LogP contribution in [0.1, 0.15) is 30.3 Å². The highest BCUT2D eigenvalue weighted by molar-refractivity contribution is 5.93. The molecule has 0 unspecified atom stereocenters. The summed E-state index contributed by atoms with van der Waals surface area (Å²) in [6, 6.07) is 11.9. The Balaban J connectivity index is 1.60. The first-order valence-corrected chi connectivity index (χ1v) is 9.94. The van der Waals surface area contributed by atoms with Crippen molar-refractivity contribution in [2.24, 2.45) is 0 Å². The fraction of sp³-hybridized carbons (Fsp3) is 0.318. The standard InChI is InChI=1S/C22H24FN5O/c1-2-27-12-4-6-19(27)15-25-22(29)20-13-21(16-5-3-11-24-14-16)28(26-20)18-9-7-17(23)8-10-18/h3,5,7-11,13-14,19H,2,4,6,12,15H2,1H3,(H,25,29)/t19-/m1/s1. The van der Waals surface area contributed by atoms with Gasteiger partial charge in [-0.2, -0.15) is 5.10 Å². The molecule has 7 heteroatoms. The van der Waals surface area contributed by atoms with E-state index in [1.807, 2.05) is 12.1 Å². The molecule has 1 aliphatic rings. The molecule has 4 rings (SSSR count). The van der Waals surface area contributed by atoms with Gasteiger partial charge in [-0.3, -0.25) is 14.7 Å². The first-order chi connectivity index (χ1) is 14.2. The SMILES string of the molecule is CCN1CCC[C@@H]1CNC(=O)c1cc(-c2cccnc2)n(-c2ccc(F)cc2)n1. The number of carbonyl (C=O) groups excluding carboxylic acids is 1. The predicted molar refractivity (Wildman–Crippen MR) is 109 cm³/mol. The normalized spacial score (nSPS) is 16.8. The summed E-state index contributed by atoms with van der Waals surface area (Å²) in [4.78, 5) is 19.3. The number of nitrogens with zero attached hydrogens (tertiary/aromatic N) is 4. The van der Waals surface area contributed by atoms with Crippen LogP contribution in [0, 0.1) is 5.82 Å². The zero-order valence-electron chi connectivity index (χ0n) is 16.4. The van der Waals surface area contributed by atoms with Gasteiger partial charge >= 0.3 is 0 Å². The summed E-state index contributed by atoms with van der Waals surface area (Å²) in [5.41, 5.74) is 2.56. The molecule has 29 heavy (non-hydrogen) atoms. The van der Waals surface area contributed by atoms with Crippen LogP contribution in [-0.4, -0.2) is 51.2 Å². The Bertz CT molecular complexity index is 971. The minimum Gasteiger partial charge on any atom is -0.349 e. The van der Waals surface area contributed by atoms with Crippen molar-refractivity contribution in [2.75, 3.05) is 19.6 Å². The van der Waals surface area contributed by atoms with Crippen LogP contribution in [-0.2, 0) is 0 Å². The van der Waals surface area contributed by atoms with Gasteiger partial charge in [-0.15, -0.1) is 0 Å². The number of hydrogen-bond donors (Lipinski definition) is 1. The van der Waals surface area contributed by atoms with Crippen molar-refractivity contribution in [3.05, 3.63) is 66.4 Å². The van der Waals surface area contributed by atoms with Gasteiger partial charge < -0.3 is 5.32 Å². The number of carbonyl (C=O) groups is 1. The molecule has 2 aromatic heterocycles. The van der Waals surface area contributed by atoms with E-state index in [2.05, 4.69) is 27.2 Å². The molecule has 3 aromatic rings. The average molecular weight is 393 g/mol. The maximum absolute atomic E-state index is 13.4. The van der Waals surface area contributed by atoms with Gasteiger partial charge in [0.2, 0.25) is 0 Å². The Morgan fingerprint density at radius 2 is 2.10 bits per heavy atom. The van der Waals surface area contributed by atoms with Gasteiger partial charge in [0.25, 0.3) is 5.91 Å². The minimum atomic E-state index is -0.321. The van der Waals surface area contributed by atoms with Gasteiger partial charge in [-0.05, 0) is 68.4 Å². The van der Waals surface area contributed by atoms with E-state index in [1.54, 1.807) is 35.3 Å². The van der Waals surface area contributed by atoms with Crippen molar-refractivity contribution in [1.29, 1.82) is 0 Å². The van der Waals surface area contributed by atoms with Crippen molar-refractivity contribution in [3.63, 3.8) is 0 Å². The molecule has 1 amide bonds. The van der Waals surface area contributed by atoms with Crippen LogP contribution in [0.15, 0.2) is 54.9 Å². The largest absolute Gasteiger partial charge is 0.349 e. The average Bonchev–Trinajstić information content (AvgIpc) is 3.40. The molecule has 0 saturated carbocycles. The van der Waals surface area contributed by atoms with E-state index >= 15 is 0 Å². The molecule has 0 radical (unpaired) electrons. The quantitative estimate of drug-likeness (QED) is 0.698. The van der Waals surface area contributed by atoms with Crippen LogP contribution in [0.4, 0.5) is 4.39 Å². The Kier molecular flexibility index (Phi) is 5.67. The smallest absolute Gasteiger partial charge is 0.271 e. The third kappa shape index (κ3) is 4.19. The first kappa shape index (κ1) is 19.3. The van der Waals surface area contributed by atoms with Gasteiger partial charge in [0, 0.05) is 30.5 Å². The number of likely N-dealkylation sites (N-methyl/N-ethyl adjacent to an activating group) is 1. The number of amides is 1. The van der Waals surface area contributed by atoms with Gasteiger partial charge in [0.15, 0.2) is 5.69 Å². The summed E-state index contributed by atoms with van der Waals surface area (Å²) < 4.78 is 15.0. The molecule has 0 spiro atoms. The monoisotopic (exact) mass is 393 g/mol.